The Bertz CT molecular complexity index is 1180. The summed E-state index contributed by atoms with van der Waals surface area (Å²) < 4.78 is 15.8. The molecule has 32 heavy (non-hydrogen) atoms. The lowest BCUT2D eigenvalue weighted by atomic mass is 9.89. The Labute approximate surface area is 192 Å². The van der Waals surface area contributed by atoms with Crippen molar-refractivity contribution in [1.29, 1.82) is 0 Å². The summed E-state index contributed by atoms with van der Waals surface area (Å²) in [7, 11) is 0. The van der Waals surface area contributed by atoms with Gasteiger partial charge >= 0.3 is 0 Å². The molecule has 2 saturated carbocycles. The van der Waals surface area contributed by atoms with Crippen LogP contribution in [0.25, 0.3) is 11.4 Å². The maximum Gasteiger partial charge on any atom is 0.181 e. The van der Waals surface area contributed by atoms with Crippen LogP contribution in [-0.4, -0.2) is 25.5 Å². The number of hydrogen-bond donors (Lipinski definition) is 0. The minimum absolute atomic E-state index is 0.0675. The van der Waals surface area contributed by atoms with E-state index < -0.39 is 5.82 Å². The Hall–Kier alpha value is -2.60. The zero-order valence-electron chi connectivity index (χ0n) is 18.4. The number of nitrogens with zero attached hydrogens (tertiary/aromatic N) is 4. The number of pyridine rings is 1. The van der Waals surface area contributed by atoms with E-state index >= 15 is 0 Å². The van der Waals surface area contributed by atoms with Gasteiger partial charge in [-0.3, -0.25) is 9.78 Å². The van der Waals surface area contributed by atoms with Crippen LogP contribution in [0, 0.1) is 25.6 Å². The van der Waals surface area contributed by atoms with Gasteiger partial charge in [0.25, 0.3) is 0 Å². The van der Waals surface area contributed by atoms with Crippen molar-refractivity contribution in [2.45, 2.75) is 64.3 Å². The van der Waals surface area contributed by atoms with Gasteiger partial charge < -0.3 is 0 Å². The molecule has 0 radical (unpaired) electrons. The van der Waals surface area contributed by atoms with Crippen molar-refractivity contribution in [1.82, 2.24) is 19.7 Å². The molecule has 0 bridgehead atoms. The van der Waals surface area contributed by atoms with Crippen molar-refractivity contribution in [3.05, 3.63) is 63.9 Å². The monoisotopic (exact) mass is 452 g/mol. The van der Waals surface area contributed by atoms with Crippen LogP contribution in [0.3, 0.4) is 0 Å². The van der Waals surface area contributed by atoms with E-state index in [0.717, 1.165) is 30.8 Å². The molecule has 2 fully saturated rings. The molecular weight excluding hydrogens is 427 g/mol. The number of aryl methyl sites for hydroxylation is 2. The SMILES string of the molecule is Cc1cc(C2(CC(=O)Cc3nc(-c4ccc(Cl)c(F)c4)nn3CC3CC3)CC2)cc(C)n1. The Morgan fingerprint density at radius 3 is 2.50 bits per heavy atom. The molecule has 1 aromatic carbocycles. The predicted molar refractivity (Wildman–Crippen MR) is 121 cm³/mol. The summed E-state index contributed by atoms with van der Waals surface area (Å²) in [6.45, 7) is 4.74. The lowest BCUT2D eigenvalue weighted by Crippen LogP contribution is -2.18. The molecule has 7 heteroatoms. The van der Waals surface area contributed by atoms with Gasteiger partial charge in [0, 0.05) is 35.3 Å². The van der Waals surface area contributed by atoms with Crippen molar-refractivity contribution in [2.75, 3.05) is 0 Å². The van der Waals surface area contributed by atoms with Crippen molar-refractivity contribution in [3.63, 3.8) is 0 Å². The van der Waals surface area contributed by atoms with Crippen molar-refractivity contribution in [3.8, 4) is 11.4 Å². The summed E-state index contributed by atoms with van der Waals surface area (Å²) in [5.41, 5.74) is 3.69. The van der Waals surface area contributed by atoms with E-state index in [4.69, 9.17) is 11.6 Å². The van der Waals surface area contributed by atoms with Crippen molar-refractivity contribution < 1.29 is 9.18 Å². The van der Waals surface area contributed by atoms with Gasteiger partial charge in [0.05, 0.1) is 11.4 Å². The first-order chi connectivity index (χ1) is 15.3. The first-order valence-corrected chi connectivity index (χ1v) is 11.6. The fourth-order valence-corrected chi connectivity index (χ4v) is 4.55. The molecule has 166 valence electrons. The van der Waals surface area contributed by atoms with Crippen LogP contribution in [-0.2, 0) is 23.2 Å². The Kier molecular flexibility index (Phi) is 5.36. The standard InChI is InChI=1S/C25H26ClFN4O/c1-15-9-19(10-16(2)28-15)25(7-8-25)13-20(32)12-23-29-24(30-31(23)14-17-3-4-17)18-5-6-21(26)22(27)11-18/h5-6,9-11,17H,3-4,7-8,12-14H2,1-2H3. The summed E-state index contributed by atoms with van der Waals surface area (Å²) in [4.78, 5) is 22.2. The van der Waals surface area contributed by atoms with Crippen LogP contribution in [0.4, 0.5) is 4.39 Å². The van der Waals surface area contributed by atoms with Crippen molar-refractivity contribution >= 4 is 17.4 Å². The smallest absolute Gasteiger partial charge is 0.181 e. The molecule has 0 saturated heterocycles. The first-order valence-electron chi connectivity index (χ1n) is 11.2. The molecule has 2 aliphatic carbocycles. The number of ketones is 1. The minimum atomic E-state index is -0.501. The van der Waals surface area contributed by atoms with Gasteiger partial charge in [0.1, 0.15) is 17.4 Å². The van der Waals surface area contributed by atoms with Gasteiger partial charge in [0.15, 0.2) is 5.82 Å². The molecule has 2 heterocycles. The molecule has 2 aliphatic rings. The lowest BCUT2D eigenvalue weighted by molar-refractivity contribution is -0.119. The number of rotatable bonds is 8. The van der Waals surface area contributed by atoms with Gasteiger partial charge in [0.2, 0.25) is 0 Å². The highest BCUT2D eigenvalue weighted by Crippen LogP contribution is 2.51. The maximum absolute atomic E-state index is 14.0. The molecular formula is C25H26ClFN4O. The first kappa shape index (κ1) is 21.3. The van der Waals surface area contributed by atoms with E-state index in [2.05, 4.69) is 27.2 Å². The number of Topliss-reactive ketones (excluding diaryl/α,β-unsaturated/α-hetero) is 1. The molecule has 3 aromatic rings. The van der Waals surface area contributed by atoms with Crippen LogP contribution in [0.5, 0.6) is 0 Å². The number of carbonyl (C=O) groups excluding carboxylic acids is 1. The fraction of sp³-hybridized carbons (Fsp3) is 0.440. The Balaban J connectivity index is 1.37. The number of aromatic nitrogens is 4. The molecule has 2 aromatic heterocycles. The molecule has 5 nitrogen and oxygen atoms in total. The zero-order valence-corrected chi connectivity index (χ0v) is 19.1. The van der Waals surface area contributed by atoms with Gasteiger partial charge in [-0.1, -0.05) is 11.6 Å². The number of hydrogen-bond acceptors (Lipinski definition) is 4. The average Bonchev–Trinajstić information content (AvgIpc) is 3.64. The summed E-state index contributed by atoms with van der Waals surface area (Å²) >= 11 is 5.82. The molecule has 0 amide bonds. The van der Waals surface area contributed by atoms with E-state index in [1.807, 2.05) is 18.5 Å². The van der Waals surface area contributed by atoms with Gasteiger partial charge in [-0.05, 0) is 81.3 Å². The van der Waals surface area contributed by atoms with Gasteiger partial charge in [-0.2, -0.15) is 5.10 Å². The number of carbonyl (C=O) groups is 1. The van der Waals surface area contributed by atoms with E-state index in [0.29, 0.717) is 29.6 Å². The molecule has 5 rings (SSSR count). The maximum atomic E-state index is 14.0. The third-order valence-electron chi connectivity index (χ3n) is 6.49. The molecule has 0 spiro atoms. The average molecular weight is 453 g/mol. The fourth-order valence-electron chi connectivity index (χ4n) is 4.43. The van der Waals surface area contributed by atoms with Crippen LogP contribution in [0.2, 0.25) is 5.02 Å². The zero-order chi connectivity index (χ0) is 22.5. The minimum Gasteiger partial charge on any atom is -0.299 e. The third kappa shape index (κ3) is 4.46. The second-order valence-electron chi connectivity index (χ2n) is 9.42. The highest BCUT2D eigenvalue weighted by molar-refractivity contribution is 6.30. The normalized spacial score (nSPS) is 16.9. The van der Waals surface area contributed by atoms with Crippen LogP contribution >= 0.6 is 11.6 Å². The van der Waals surface area contributed by atoms with Gasteiger partial charge in [-0.15, -0.1) is 0 Å². The topological polar surface area (TPSA) is 60.7 Å². The summed E-state index contributed by atoms with van der Waals surface area (Å²) in [6, 6.07) is 8.78. The van der Waals surface area contributed by atoms with Crippen LogP contribution in [0.15, 0.2) is 30.3 Å². The number of benzene rings is 1. The Morgan fingerprint density at radius 1 is 1.16 bits per heavy atom. The quantitative estimate of drug-likeness (QED) is 0.459. The summed E-state index contributed by atoms with van der Waals surface area (Å²) in [5.74, 6) is 1.33. The predicted octanol–water partition coefficient (Wildman–Crippen LogP) is 5.39. The largest absolute Gasteiger partial charge is 0.299 e. The van der Waals surface area contributed by atoms with E-state index in [9.17, 15) is 9.18 Å². The lowest BCUT2D eigenvalue weighted by Gasteiger charge is -2.16. The van der Waals surface area contributed by atoms with Crippen LogP contribution < -0.4 is 0 Å². The molecule has 0 aliphatic heterocycles. The second kappa shape index (κ2) is 8.07. The molecule has 0 unspecified atom stereocenters. The Morgan fingerprint density at radius 2 is 1.88 bits per heavy atom. The van der Waals surface area contributed by atoms with E-state index in [1.54, 1.807) is 6.07 Å². The third-order valence-corrected chi connectivity index (χ3v) is 6.80. The molecule has 0 N–H and O–H groups in total. The van der Waals surface area contributed by atoms with E-state index in [-0.39, 0.29) is 22.6 Å². The molecule has 0 atom stereocenters. The van der Waals surface area contributed by atoms with Gasteiger partial charge in [-0.25, -0.2) is 14.1 Å². The van der Waals surface area contributed by atoms with E-state index in [1.165, 1.54) is 30.5 Å². The summed E-state index contributed by atoms with van der Waals surface area (Å²) in [6.07, 6.45) is 5.11. The number of halogens is 2. The van der Waals surface area contributed by atoms with Crippen molar-refractivity contribution in [2.24, 2.45) is 5.92 Å². The summed E-state index contributed by atoms with van der Waals surface area (Å²) in [5, 5.41) is 4.68. The highest BCUT2D eigenvalue weighted by atomic mass is 35.5. The van der Waals surface area contributed by atoms with Crippen LogP contribution in [0.1, 0.15) is 54.9 Å². The highest BCUT2D eigenvalue weighted by Gasteiger charge is 2.46. The second-order valence-corrected chi connectivity index (χ2v) is 9.82.